The number of hydrogen-bond donors (Lipinski definition) is 1. The van der Waals surface area contributed by atoms with Gasteiger partial charge in [-0.3, -0.25) is 0 Å². The van der Waals surface area contributed by atoms with E-state index in [1.807, 2.05) is 0 Å². The maximum atomic E-state index is 5.29. The molecule has 0 aromatic carbocycles. The molecule has 0 bridgehead atoms. The van der Waals surface area contributed by atoms with Gasteiger partial charge in [-0.25, -0.2) is 0 Å². The lowest BCUT2D eigenvalue weighted by atomic mass is 10.4. The Bertz CT molecular complexity index is 357. The van der Waals surface area contributed by atoms with Gasteiger partial charge in [0.05, 0.1) is 12.8 Å². The molecule has 0 spiro atoms. The monoisotopic (exact) mass is 201 g/mol. The van der Waals surface area contributed by atoms with Gasteiger partial charge in [-0.05, 0) is 12.1 Å². The van der Waals surface area contributed by atoms with Crippen LogP contribution in [0, 0.1) is 0 Å². The van der Waals surface area contributed by atoms with Gasteiger partial charge in [0.1, 0.15) is 0 Å². The highest BCUT2D eigenvalue weighted by atomic mass is 35.5. The lowest BCUT2D eigenvalue weighted by Gasteiger charge is -1.81. The molecule has 0 radical (unpaired) electrons. The first-order valence-electron chi connectivity index (χ1n) is 3.46. The lowest BCUT2D eigenvalue weighted by Crippen LogP contribution is -1.95. The summed E-state index contributed by atoms with van der Waals surface area (Å²) >= 11 is 0. The summed E-state index contributed by atoms with van der Waals surface area (Å²) in [4.78, 5) is 3.97. The molecule has 5 nitrogen and oxygen atoms in total. The van der Waals surface area contributed by atoms with Crippen LogP contribution in [0.4, 0.5) is 0 Å². The van der Waals surface area contributed by atoms with Gasteiger partial charge < -0.3 is 14.7 Å². The van der Waals surface area contributed by atoms with Crippen molar-refractivity contribution in [2.75, 3.05) is 0 Å². The van der Waals surface area contributed by atoms with Crippen molar-refractivity contribution in [1.29, 1.82) is 0 Å². The number of rotatable bonds is 2. The van der Waals surface area contributed by atoms with Crippen LogP contribution in [0.15, 0.2) is 27.3 Å². The first-order chi connectivity index (χ1) is 5.90. The molecule has 2 rings (SSSR count). The van der Waals surface area contributed by atoms with Gasteiger partial charge in [-0.1, -0.05) is 5.16 Å². The minimum atomic E-state index is 0. The molecule has 2 N–H and O–H groups in total. The fourth-order valence-corrected chi connectivity index (χ4v) is 0.844. The van der Waals surface area contributed by atoms with E-state index in [-0.39, 0.29) is 19.0 Å². The van der Waals surface area contributed by atoms with E-state index < -0.39 is 0 Å². The van der Waals surface area contributed by atoms with Gasteiger partial charge >= 0.3 is 0 Å². The molecule has 0 atom stereocenters. The van der Waals surface area contributed by atoms with Gasteiger partial charge in [-0.15, -0.1) is 12.4 Å². The molecule has 13 heavy (non-hydrogen) atoms. The maximum absolute atomic E-state index is 5.29. The van der Waals surface area contributed by atoms with E-state index in [0.29, 0.717) is 17.5 Å². The minimum absolute atomic E-state index is 0. The quantitative estimate of drug-likeness (QED) is 0.790. The first-order valence-corrected chi connectivity index (χ1v) is 3.46. The molecule has 0 fully saturated rings. The highest BCUT2D eigenvalue weighted by molar-refractivity contribution is 5.85. The Morgan fingerprint density at radius 2 is 2.31 bits per heavy atom. The molecule has 2 aromatic rings. The Morgan fingerprint density at radius 3 is 2.85 bits per heavy atom. The van der Waals surface area contributed by atoms with Crippen LogP contribution in [0.25, 0.3) is 11.6 Å². The number of halogens is 1. The average molecular weight is 202 g/mol. The van der Waals surface area contributed by atoms with Gasteiger partial charge in [0.25, 0.3) is 0 Å². The van der Waals surface area contributed by atoms with Crippen LogP contribution in [0.3, 0.4) is 0 Å². The highest BCUT2D eigenvalue weighted by Crippen LogP contribution is 2.14. The zero-order valence-electron chi connectivity index (χ0n) is 6.64. The molecule has 2 heterocycles. The second-order valence-electron chi connectivity index (χ2n) is 2.19. The van der Waals surface area contributed by atoms with Gasteiger partial charge in [-0.2, -0.15) is 4.98 Å². The van der Waals surface area contributed by atoms with E-state index in [0.717, 1.165) is 0 Å². The second kappa shape index (κ2) is 4.06. The summed E-state index contributed by atoms with van der Waals surface area (Å²) in [7, 11) is 0. The largest absolute Gasteiger partial charge is 0.461 e. The summed E-state index contributed by atoms with van der Waals surface area (Å²) < 4.78 is 9.84. The Balaban J connectivity index is 0.000000845. The summed E-state index contributed by atoms with van der Waals surface area (Å²) in [6, 6.07) is 3.51. The van der Waals surface area contributed by atoms with Gasteiger partial charge in [0.15, 0.2) is 5.76 Å². The summed E-state index contributed by atoms with van der Waals surface area (Å²) in [6.45, 7) is 0.244. The highest BCUT2D eigenvalue weighted by Gasteiger charge is 2.08. The molecule has 0 aliphatic carbocycles. The number of nitrogens with zero attached hydrogens (tertiary/aromatic N) is 2. The summed E-state index contributed by atoms with van der Waals surface area (Å²) in [5.74, 6) is 1.42. The molecule has 0 aliphatic heterocycles. The fraction of sp³-hybridized carbons (Fsp3) is 0.143. The molecule has 6 heteroatoms. The van der Waals surface area contributed by atoms with Crippen LogP contribution in [0.5, 0.6) is 0 Å². The molecule has 0 amide bonds. The van der Waals surface area contributed by atoms with Crippen LogP contribution in [0.2, 0.25) is 0 Å². The third kappa shape index (κ3) is 1.88. The number of nitrogens with two attached hydrogens (primary N) is 1. The predicted octanol–water partition coefficient (Wildman–Crippen LogP) is 1.21. The topological polar surface area (TPSA) is 78.1 Å². The fourth-order valence-electron chi connectivity index (χ4n) is 0.844. The van der Waals surface area contributed by atoms with Crippen molar-refractivity contribution >= 4 is 12.4 Å². The van der Waals surface area contributed by atoms with Crippen LogP contribution in [0.1, 0.15) is 5.89 Å². The molecule has 2 aromatic heterocycles. The van der Waals surface area contributed by atoms with E-state index in [2.05, 4.69) is 10.1 Å². The van der Waals surface area contributed by atoms with E-state index in [1.165, 1.54) is 0 Å². The number of aromatic nitrogens is 2. The Labute approximate surface area is 80.3 Å². The van der Waals surface area contributed by atoms with Crippen molar-refractivity contribution < 1.29 is 8.94 Å². The molecule has 0 aliphatic rings. The molecular weight excluding hydrogens is 194 g/mol. The smallest absolute Gasteiger partial charge is 0.240 e. The van der Waals surface area contributed by atoms with Crippen molar-refractivity contribution in [2.45, 2.75) is 6.54 Å². The lowest BCUT2D eigenvalue weighted by molar-refractivity contribution is 0.379. The van der Waals surface area contributed by atoms with Crippen molar-refractivity contribution in [2.24, 2.45) is 5.73 Å². The molecule has 70 valence electrons. The van der Waals surface area contributed by atoms with Crippen LogP contribution < -0.4 is 5.73 Å². The van der Waals surface area contributed by atoms with E-state index in [9.17, 15) is 0 Å². The first kappa shape index (κ1) is 9.76. The Morgan fingerprint density at radius 1 is 1.46 bits per heavy atom. The van der Waals surface area contributed by atoms with Crippen molar-refractivity contribution in [1.82, 2.24) is 10.1 Å². The van der Waals surface area contributed by atoms with Gasteiger partial charge in [0, 0.05) is 0 Å². The van der Waals surface area contributed by atoms with Crippen molar-refractivity contribution in [3.63, 3.8) is 0 Å². The summed E-state index contributed by atoms with van der Waals surface area (Å²) in [5, 5.41) is 3.67. The summed E-state index contributed by atoms with van der Waals surface area (Å²) in [6.07, 6.45) is 1.55. The second-order valence-corrected chi connectivity index (χ2v) is 2.19. The zero-order chi connectivity index (χ0) is 8.39. The van der Waals surface area contributed by atoms with Crippen LogP contribution in [-0.2, 0) is 6.54 Å². The standard InChI is InChI=1S/C7H7N3O2.ClH/c8-4-6-9-7(10-12-6)5-2-1-3-11-5;/h1-3H,4,8H2;1H. The number of hydrogen-bond acceptors (Lipinski definition) is 5. The number of furan rings is 1. The van der Waals surface area contributed by atoms with E-state index in [4.69, 9.17) is 14.7 Å². The Kier molecular flexibility index (Phi) is 3.05. The van der Waals surface area contributed by atoms with E-state index >= 15 is 0 Å². The van der Waals surface area contributed by atoms with Crippen LogP contribution >= 0.6 is 12.4 Å². The van der Waals surface area contributed by atoms with Crippen LogP contribution in [-0.4, -0.2) is 10.1 Å². The molecule has 0 saturated heterocycles. The normalized spacial score (nSPS) is 9.62. The Hall–Kier alpha value is -1.33. The summed E-state index contributed by atoms with van der Waals surface area (Å²) in [5.41, 5.74) is 5.29. The molecule has 0 unspecified atom stereocenters. The predicted molar refractivity (Wildman–Crippen MR) is 47.1 cm³/mol. The van der Waals surface area contributed by atoms with Gasteiger partial charge in [0.2, 0.25) is 11.7 Å². The zero-order valence-corrected chi connectivity index (χ0v) is 7.45. The molecule has 0 saturated carbocycles. The molecular formula is C7H8ClN3O2. The third-order valence-corrected chi connectivity index (χ3v) is 1.38. The minimum Gasteiger partial charge on any atom is -0.461 e. The van der Waals surface area contributed by atoms with Crippen molar-refractivity contribution in [3.05, 3.63) is 24.3 Å². The SMILES string of the molecule is Cl.NCc1nc(-c2ccco2)no1. The van der Waals surface area contributed by atoms with Crippen molar-refractivity contribution in [3.8, 4) is 11.6 Å². The third-order valence-electron chi connectivity index (χ3n) is 1.38. The average Bonchev–Trinajstić information content (AvgIpc) is 2.75. The maximum Gasteiger partial charge on any atom is 0.240 e. The van der Waals surface area contributed by atoms with E-state index in [1.54, 1.807) is 18.4 Å².